The van der Waals surface area contributed by atoms with Crippen LogP contribution in [0.25, 0.3) is 5.82 Å². The highest BCUT2D eigenvalue weighted by Crippen LogP contribution is 2.27. The molecule has 2 aromatic heterocycles. The first-order valence-corrected chi connectivity index (χ1v) is 10.7. The molecule has 1 N–H and O–H groups in total. The molecule has 0 bridgehead atoms. The fourth-order valence-electron chi connectivity index (χ4n) is 2.74. The summed E-state index contributed by atoms with van der Waals surface area (Å²) in [6.07, 6.45) is 3.31. The van der Waals surface area contributed by atoms with E-state index in [0.29, 0.717) is 23.5 Å². The molecule has 1 amide bonds. The molecule has 1 atom stereocenters. The van der Waals surface area contributed by atoms with E-state index in [9.17, 15) is 22.2 Å². The van der Waals surface area contributed by atoms with Crippen LogP contribution in [0.5, 0.6) is 0 Å². The first-order valence-electron chi connectivity index (χ1n) is 8.79. The number of benzene rings is 1. The molecule has 12 heteroatoms. The quantitative estimate of drug-likeness (QED) is 0.522. The summed E-state index contributed by atoms with van der Waals surface area (Å²) in [5.41, 5.74) is -2.96. The predicted molar refractivity (Wildman–Crippen MR) is 112 cm³/mol. The molecule has 0 saturated carbocycles. The van der Waals surface area contributed by atoms with E-state index in [2.05, 4.69) is 15.3 Å². The van der Waals surface area contributed by atoms with Gasteiger partial charge in [-0.15, -0.1) is 0 Å². The number of aromatic nitrogens is 3. The summed E-state index contributed by atoms with van der Waals surface area (Å²) in [5.74, 6) is 0.222. The minimum atomic E-state index is -4.81. The summed E-state index contributed by atoms with van der Waals surface area (Å²) in [7, 11) is -3.07. The number of carbonyl (C=O) groups is 1. The van der Waals surface area contributed by atoms with Crippen molar-refractivity contribution in [3.05, 3.63) is 64.3 Å². The van der Waals surface area contributed by atoms with Crippen LogP contribution >= 0.6 is 23.2 Å². The molecule has 0 aliphatic carbocycles. The number of hydrogen-bond acceptors (Lipinski definition) is 4. The molecular formula is C19H15Cl2F3N4O2S. The van der Waals surface area contributed by atoms with Crippen LogP contribution in [0.1, 0.15) is 17.5 Å². The van der Waals surface area contributed by atoms with Crippen LogP contribution in [0.3, 0.4) is 0 Å². The van der Waals surface area contributed by atoms with E-state index >= 15 is 0 Å². The Morgan fingerprint density at radius 3 is 2.42 bits per heavy atom. The Morgan fingerprint density at radius 2 is 1.87 bits per heavy atom. The van der Waals surface area contributed by atoms with Gasteiger partial charge in [0.1, 0.15) is 12.1 Å². The van der Waals surface area contributed by atoms with Crippen molar-refractivity contribution < 1.29 is 22.2 Å². The number of carbonyl (C=O) groups excluding carboxylic acids is 1. The predicted octanol–water partition coefficient (Wildman–Crippen LogP) is 5.08. The average Bonchev–Trinajstić information content (AvgIpc) is 3.04. The average molecular weight is 491 g/mol. The lowest BCUT2D eigenvalue weighted by atomic mass is 10.1. The van der Waals surface area contributed by atoms with Crippen LogP contribution in [0.15, 0.2) is 47.8 Å². The van der Waals surface area contributed by atoms with E-state index in [1.165, 1.54) is 29.2 Å². The Labute approximate surface area is 187 Å². The van der Waals surface area contributed by atoms with Crippen molar-refractivity contribution in [1.82, 2.24) is 14.5 Å². The summed E-state index contributed by atoms with van der Waals surface area (Å²) in [6, 6.07) is 6.86. The van der Waals surface area contributed by atoms with Crippen molar-refractivity contribution in [2.24, 2.45) is 0 Å². The van der Waals surface area contributed by atoms with E-state index in [1.54, 1.807) is 13.0 Å². The van der Waals surface area contributed by atoms with Crippen molar-refractivity contribution >= 4 is 45.6 Å². The molecule has 0 spiro atoms. The van der Waals surface area contributed by atoms with Crippen LogP contribution < -0.4 is 5.32 Å². The zero-order valence-corrected chi connectivity index (χ0v) is 18.2. The van der Waals surface area contributed by atoms with Crippen molar-refractivity contribution in [2.75, 3.05) is 5.32 Å². The fraction of sp³-hybridized carbons (Fsp3) is 0.211. The van der Waals surface area contributed by atoms with Crippen LogP contribution in [-0.4, -0.2) is 30.2 Å². The van der Waals surface area contributed by atoms with E-state index < -0.39 is 16.3 Å². The Morgan fingerprint density at radius 1 is 1.19 bits per heavy atom. The molecular weight excluding hydrogens is 476 g/mol. The third-order valence-corrected chi connectivity index (χ3v) is 6.07. The molecule has 1 unspecified atom stereocenters. The number of halogens is 5. The number of rotatable bonds is 6. The number of amides is 1. The van der Waals surface area contributed by atoms with Gasteiger partial charge in [0.05, 0.1) is 11.9 Å². The smallest absolute Gasteiger partial charge is 0.325 e. The molecule has 6 nitrogen and oxygen atoms in total. The summed E-state index contributed by atoms with van der Waals surface area (Å²) >= 11 is 11.9. The molecule has 1 aromatic carbocycles. The fourth-order valence-corrected chi connectivity index (χ4v) is 3.70. The van der Waals surface area contributed by atoms with Crippen molar-refractivity contribution in [2.45, 2.75) is 30.2 Å². The van der Waals surface area contributed by atoms with Gasteiger partial charge in [-0.2, -0.15) is 13.2 Å². The number of anilines is 1. The maximum Gasteiger partial charge on any atom is 0.475 e. The SMILES string of the molecule is Cc1cc(NC(=O)CCc2ccc(S(=O)C(F)(F)F)cc2)cnc1-n1cnc(Cl)c1Cl. The maximum atomic E-state index is 12.5. The standard InChI is InChI=1S/C19H15Cl2F3N4O2S/c1-11-8-13(9-25-18(11)28-10-26-16(20)17(28)21)27-15(29)7-4-12-2-5-14(6-3-12)31(30)19(22,23)24/h2-3,5-6,8-10H,4,7H2,1H3,(H,27,29). The molecule has 0 radical (unpaired) electrons. The number of nitrogens with one attached hydrogen (secondary N) is 1. The van der Waals surface area contributed by atoms with Crippen LogP contribution in [0, 0.1) is 6.92 Å². The number of hydrogen-bond donors (Lipinski definition) is 1. The minimum Gasteiger partial charge on any atom is -0.325 e. The van der Waals surface area contributed by atoms with Gasteiger partial charge in [-0.1, -0.05) is 35.3 Å². The third kappa shape index (κ3) is 5.63. The normalized spacial score (nSPS) is 12.6. The number of alkyl halides is 3. The van der Waals surface area contributed by atoms with Gasteiger partial charge in [0, 0.05) is 11.3 Å². The van der Waals surface area contributed by atoms with Crippen LogP contribution in [-0.2, 0) is 22.0 Å². The zero-order chi connectivity index (χ0) is 22.8. The number of aryl methyl sites for hydroxylation is 2. The van der Waals surface area contributed by atoms with E-state index in [4.69, 9.17) is 23.2 Å². The molecule has 0 fully saturated rings. The maximum absolute atomic E-state index is 12.5. The summed E-state index contributed by atoms with van der Waals surface area (Å²) in [6.45, 7) is 1.79. The first kappa shape index (κ1) is 23.2. The van der Waals surface area contributed by atoms with Crippen molar-refractivity contribution in [1.29, 1.82) is 0 Å². The highest BCUT2D eigenvalue weighted by Gasteiger charge is 2.37. The molecule has 3 aromatic rings. The van der Waals surface area contributed by atoms with E-state index in [1.807, 2.05) is 0 Å². The molecule has 3 rings (SSSR count). The first-order chi connectivity index (χ1) is 14.6. The Bertz CT molecular complexity index is 1130. The Hall–Kier alpha value is -2.43. The second kappa shape index (κ2) is 9.37. The minimum absolute atomic E-state index is 0.103. The number of imidazole rings is 1. The monoisotopic (exact) mass is 490 g/mol. The van der Waals surface area contributed by atoms with E-state index in [0.717, 1.165) is 17.7 Å². The van der Waals surface area contributed by atoms with Gasteiger partial charge in [0.15, 0.2) is 21.1 Å². The topological polar surface area (TPSA) is 76.9 Å². The Kier molecular flexibility index (Phi) is 7.03. The lowest BCUT2D eigenvalue weighted by Crippen LogP contribution is -2.16. The second-order valence-electron chi connectivity index (χ2n) is 6.47. The molecule has 2 heterocycles. The Balaban J connectivity index is 1.59. The highest BCUT2D eigenvalue weighted by atomic mass is 35.5. The second-order valence-corrected chi connectivity index (χ2v) is 8.66. The largest absolute Gasteiger partial charge is 0.475 e. The summed E-state index contributed by atoms with van der Waals surface area (Å²) in [4.78, 5) is 20.1. The van der Waals surface area contributed by atoms with Crippen LogP contribution in [0.4, 0.5) is 18.9 Å². The lowest BCUT2D eigenvalue weighted by Gasteiger charge is -2.10. The summed E-state index contributed by atoms with van der Waals surface area (Å²) in [5, 5.41) is 3.09. The lowest BCUT2D eigenvalue weighted by molar-refractivity contribution is -0.116. The van der Waals surface area contributed by atoms with Crippen LogP contribution in [0.2, 0.25) is 10.3 Å². The molecule has 0 saturated heterocycles. The molecule has 164 valence electrons. The van der Waals surface area contributed by atoms with Gasteiger partial charge in [-0.05, 0) is 42.7 Å². The number of pyridine rings is 1. The van der Waals surface area contributed by atoms with Gasteiger partial charge in [0.25, 0.3) is 0 Å². The number of nitrogens with zero attached hydrogens (tertiary/aromatic N) is 3. The molecule has 0 aliphatic heterocycles. The van der Waals surface area contributed by atoms with Gasteiger partial charge < -0.3 is 5.32 Å². The highest BCUT2D eigenvalue weighted by molar-refractivity contribution is 7.86. The zero-order valence-electron chi connectivity index (χ0n) is 15.9. The molecule has 31 heavy (non-hydrogen) atoms. The third-order valence-electron chi connectivity index (χ3n) is 4.22. The van der Waals surface area contributed by atoms with E-state index in [-0.39, 0.29) is 27.5 Å². The summed E-state index contributed by atoms with van der Waals surface area (Å²) < 4.78 is 50.3. The molecule has 0 aliphatic rings. The van der Waals surface area contributed by atoms with Crippen molar-refractivity contribution in [3.63, 3.8) is 0 Å². The van der Waals surface area contributed by atoms with Gasteiger partial charge in [-0.25, -0.2) is 14.2 Å². The van der Waals surface area contributed by atoms with Gasteiger partial charge in [-0.3, -0.25) is 9.36 Å². The van der Waals surface area contributed by atoms with Gasteiger partial charge >= 0.3 is 5.51 Å². The van der Waals surface area contributed by atoms with Gasteiger partial charge in [0.2, 0.25) is 5.91 Å². The van der Waals surface area contributed by atoms with Crippen molar-refractivity contribution in [3.8, 4) is 5.82 Å².